The summed E-state index contributed by atoms with van der Waals surface area (Å²) in [7, 11) is 0. The van der Waals surface area contributed by atoms with E-state index in [2.05, 4.69) is 0 Å². The highest BCUT2D eigenvalue weighted by Crippen LogP contribution is 2.19. The Kier molecular flexibility index (Phi) is 6.12. The molecule has 0 amide bonds. The smallest absolute Gasteiger partial charge is 0.0730 e. The summed E-state index contributed by atoms with van der Waals surface area (Å²) < 4.78 is 0. The first kappa shape index (κ1) is 13.7. The summed E-state index contributed by atoms with van der Waals surface area (Å²) in [6.07, 6.45) is 0.145. The first-order valence-electron chi connectivity index (χ1n) is 4.34. The van der Waals surface area contributed by atoms with Crippen LogP contribution in [0.5, 0.6) is 0 Å². The van der Waals surface area contributed by atoms with E-state index >= 15 is 0 Å². The van der Waals surface area contributed by atoms with Crippen LogP contribution >= 0.6 is 24.0 Å². The zero-order valence-corrected chi connectivity index (χ0v) is 9.55. The Morgan fingerprint density at radius 1 is 1.50 bits per heavy atom. The SMILES string of the molecule is CC[C@H](O)[C@H](N)c1cccc(Cl)c1.Cl. The third-order valence-corrected chi connectivity index (χ3v) is 2.30. The van der Waals surface area contributed by atoms with Gasteiger partial charge in [-0.25, -0.2) is 0 Å². The highest BCUT2D eigenvalue weighted by molar-refractivity contribution is 6.30. The molecular weight excluding hydrogens is 221 g/mol. The first-order chi connectivity index (χ1) is 6.15. The van der Waals surface area contributed by atoms with Crippen LogP contribution in [0.2, 0.25) is 5.02 Å². The highest BCUT2D eigenvalue weighted by atomic mass is 35.5. The van der Waals surface area contributed by atoms with Crippen molar-refractivity contribution in [2.45, 2.75) is 25.5 Å². The summed E-state index contributed by atoms with van der Waals surface area (Å²) in [6, 6.07) is 6.93. The van der Waals surface area contributed by atoms with Gasteiger partial charge >= 0.3 is 0 Å². The number of benzene rings is 1. The molecule has 0 aliphatic rings. The lowest BCUT2D eigenvalue weighted by Crippen LogP contribution is -2.25. The van der Waals surface area contributed by atoms with Crippen LogP contribution in [0.25, 0.3) is 0 Å². The van der Waals surface area contributed by atoms with Crippen molar-refractivity contribution in [3.63, 3.8) is 0 Å². The zero-order valence-electron chi connectivity index (χ0n) is 7.98. The van der Waals surface area contributed by atoms with Crippen LogP contribution in [-0.2, 0) is 0 Å². The lowest BCUT2D eigenvalue weighted by atomic mass is 10.0. The van der Waals surface area contributed by atoms with Gasteiger partial charge in [0.2, 0.25) is 0 Å². The zero-order chi connectivity index (χ0) is 9.84. The molecule has 0 unspecified atom stereocenters. The van der Waals surface area contributed by atoms with Gasteiger partial charge in [-0.05, 0) is 24.1 Å². The Bertz CT molecular complexity index is 281. The van der Waals surface area contributed by atoms with Crippen LogP contribution in [0.4, 0.5) is 0 Å². The van der Waals surface area contributed by atoms with Gasteiger partial charge in [0.15, 0.2) is 0 Å². The molecule has 0 aromatic heterocycles. The van der Waals surface area contributed by atoms with Gasteiger partial charge < -0.3 is 10.8 Å². The van der Waals surface area contributed by atoms with Crippen molar-refractivity contribution in [2.24, 2.45) is 5.73 Å². The van der Waals surface area contributed by atoms with Gasteiger partial charge in [-0.15, -0.1) is 12.4 Å². The molecule has 0 heterocycles. The minimum atomic E-state index is -0.501. The third-order valence-electron chi connectivity index (χ3n) is 2.07. The molecule has 0 fully saturated rings. The summed E-state index contributed by atoms with van der Waals surface area (Å²) in [5.74, 6) is 0. The van der Waals surface area contributed by atoms with Crippen molar-refractivity contribution in [1.29, 1.82) is 0 Å². The summed E-state index contributed by atoms with van der Waals surface area (Å²) in [5, 5.41) is 10.2. The number of hydrogen-bond donors (Lipinski definition) is 2. The minimum absolute atomic E-state index is 0. The molecule has 80 valence electrons. The second kappa shape index (κ2) is 6.25. The Balaban J connectivity index is 0.00000169. The second-order valence-corrected chi connectivity index (χ2v) is 3.49. The highest BCUT2D eigenvalue weighted by Gasteiger charge is 2.14. The molecular formula is C10H15Cl2NO. The Hall–Kier alpha value is -0.280. The fraction of sp³-hybridized carbons (Fsp3) is 0.400. The van der Waals surface area contributed by atoms with Crippen molar-refractivity contribution in [3.05, 3.63) is 34.9 Å². The molecule has 4 heteroatoms. The van der Waals surface area contributed by atoms with Crippen molar-refractivity contribution < 1.29 is 5.11 Å². The monoisotopic (exact) mass is 235 g/mol. The lowest BCUT2D eigenvalue weighted by molar-refractivity contribution is 0.141. The van der Waals surface area contributed by atoms with Gasteiger partial charge in [-0.3, -0.25) is 0 Å². The summed E-state index contributed by atoms with van der Waals surface area (Å²) in [5.41, 5.74) is 6.69. The predicted octanol–water partition coefficient (Wildman–Crippen LogP) is 2.53. The Labute approximate surface area is 95.5 Å². The largest absolute Gasteiger partial charge is 0.391 e. The number of rotatable bonds is 3. The second-order valence-electron chi connectivity index (χ2n) is 3.06. The van der Waals surface area contributed by atoms with Gasteiger partial charge in [-0.1, -0.05) is 30.7 Å². The standard InChI is InChI=1S/C10H14ClNO.ClH/c1-2-9(13)10(12)7-4-3-5-8(11)6-7;/h3-6,9-10,13H,2,12H2,1H3;1H/t9-,10+;/m0./s1. The molecule has 3 N–H and O–H groups in total. The number of nitrogens with two attached hydrogens (primary N) is 1. The van der Waals surface area contributed by atoms with Crippen molar-refractivity contribution in [3.8, 4) is 0 Å². The molecule has 14 heavy (non-hydrogen) atoms. The minimum Gasteiger partial charge on any atom is -0.391 e. The van der Waals surface area contributed by atoms with E-state index in [1.54, 1.807) is 12.1 Å². The maximum Gasteiger partial charge on any atom is 0.0730 e. The summed E-state index contributed by atoms with van der Waals surface area (Å²) in [4.78, 5) is 0. The average Bonchev–Trinajstić information content (AvgIpc) is 2.15. The molecule has 0 aliphatic carbocycles. The first-order valence-corrected chi connectivity index (χ1v) is 4.72. The quantitative estimate of drug-likeness (QED) is 0.847. The van der Waals surface area contributed by atoms with Crippen molar-refractivity contribution in [1.82, 2.24) is 0 Å². The van der Waals surface area contributed by atoms with Crippen molar-refractivity contribution in [2.75, 3.05) is 0 Å². The van der Waals surface area contributed by atoms with Gasteiger partial charge in [0.25, 0.3) is 0 Å². The van der Waals surface area contributed by atoms with E-state index in [0.717, 1.165) is 5.56 Å². The fourth-order valence-corrected chi connectivity index (χ4v) is 1.39. The number of halogens is 2. The van der Waals surface area contributed by atoms with Crippen LogP contribution < -0.4 is 5.73 Å². The molecule has 1 aromatic rings. The maximum absolute atomic E-state index is 9.50. The fourth-order valence-electron chi connectivity index (χ4n) is 1.19. The van der Waals surface area contributed by atoms with E-state index in [1.807, 2.05) is 19.1 Å². The van der Waals surface area contributed by atoms with Crippen LogP contribution in [0, 0.1) is 0 Å². The Morgan fingerprint density at radius 2 is 2.14 bits per heavy atom. The summed E-state index contributed by atoms with van der Waals surface area (Å²) >= 11 is 5.80. The molecule has 1 aromatic carbocycles. The lowest BCUT2D eigenvalue weighted by Gasteiger charge is -2.17. The van der Waals surface area contributed by atoms with E-state index in [-0.39, 0.29) is 18.4 Å². The van der Waals surface area contributed by atoms with Crippen LogP contribution in [0.3, 0.4) is 0 Å². The predicted molar refractivity (Wildman–Crippen MR) is 61.9 cm³/mol. The molecule has 0 saturated heterocycles. The van der Waals surface area contributed by atoms with Gasteiger partial charge in [0.1, 0.15) is 0 Å². The van der Waals surface area contributed by atoms with Gasteiger partial charge in [0, 0.05) is 5.02 Å². The maximum atomic E-state index is 9.50. The van der Waals surface area contributed by atoms with Crippen LogP contribution in [-0.4, -0.2) is 11.2 Å². The molecule has 1 rings (SSSR count). The molecule has 0 saturated carbocycles. The van der Waals surface area contributed by atoms with E-state index < -0.39 is 6.10 Å². The van der Waals surface area contributed by atoms with Gasteiger partial charge in [0.05, 0.1) is 12.1 Å². The van der Waals surface area contributed by atoms with Crippen LogP contribution in [0.15, 0.2) is 24.3 Å². The van der Waals surface area contributed by atoms with Crippen LogP contribution in [0.1, 0.15) is 24.9 Å². The number of hydrogen-bond acceptors (Lipinski definition) is 2. The average molecular weight is 236 g/mol. The van der Waals surface area contributed by atoms with Crippen molar-refractivity contribution >= 4 is 24.0 Å². The molecule has 0 aliphatic heterocycles. The topological polar surface area (TPSA) is 46.2 Å². The van der Waals surface area contributed by atoms with E-state index in [9.17, 15) is 5.11 Å². The van der Waals surface area contributed by atoms with Gasteiger partial charge in [-0.2, -0.15) is 0 Å². The number of aliphatic hydroxyl groups is 1. The molecule has 0 bridgehead atoms. The van der Waals surface area contributed by atoms with E-state index in [0.29, 0.717) is 11.4 Å². The summed E-state index contributed by atoms with van der Waals surface area (Å²) in [6.45, 7) is 1.90. The number of aliphatic hydroxyl groups excluding tert-OH is 1. The molecule has 2 nitrogen and oxygen atoms in total. The molecule has 2 atom stereocenters. The third kappa shape index (κ3) is 3.46. The van der Waals surface area contributed by atoms with E-state index in [4.69, 9.17) is 17.3 Å². The Morgan fingerprint density at radius 3 is 2.64 bits per heavy atom. The molecule has 0 spiro atoms. The van der Waals surface area contributed by atoms with E-state index in [1.165, 1.54) is 0 Å². The normalized spacial score (nSPS) is 14.3. The molecule has 0 radical (unpaired) electrons.